The first-order valence-electron chi connectivity index (χ1n) is 8.29. The molecule has 1 heterocycles. The lowest BCUT2D eigenvalue weighted by molar-refractivity contribution is -0.0731. The summed E-state index contributed by atoms with van der Waals surface area (Å²) in [4.78, 5) is 3.96. The molecule has 130 valence electrons. The van der Waals surface area contributed by atoms with Crippen LogP contribution >= 0.6 is 0 Å². The van der Waals surface area contributed by atoms with Gasteiger partial charge < -0.3 is 9.84 Å². The zero-order valence-corrected chi connectivity index (χ0v) is 14.7. The molecule has 1 aromatic heterocycles. The number of rotatable bonds is 5. The van der Waals surface area contributed by atoms with Gasteiger partial charge in [0.25, 0.3) is 0 Å². The fourth-order valence-electron chi connectivity index (χ4n) is 2.54. The Morgan fingerprint density at radius 2 is 1.60 bits per heavy atom. The highest BCUT2D eigenvalue weighted by Crippen LogP contribution is 2.31. The van der Waals surface area contributed by atoms with Crippen LogP contribution in [0.1, 0.15) is 27.0 Å². The number of ether oxygens (including phenoxy) is 1. The lowest BCUT2D eigenvalue weighted by atomic mass is 9.88. The number of hydrogen-bond donors (Lipinski definition) is 1. The molecule has 2 aromatic carbocycles. The average Bonchev–Trinajstić information content (AvgIpc) is 3.14. The first kappa shape index (κ1) is 17.2. The predicted octanol–water partition coefficient (Wildman–Crippen LogP) is 3.93. The van der Waals surface area contributed by atoms with Gasteiger partial charge in [0.1, 0.15) is 24.5 Å². The molecule has 0 aliphatic heterocycles. The van der Waals surface area contributed by atoms with E-state index in [4.69, 9.17) is 4.74 Å². The van der Waals surface area contributed by atoms with E-state index in [1.54, 1.807) is 11.0 Å². The van der Waals surface area contributed by atoms with Crippen LogP contribution in [0.15, 0.2) is 67.3 Å². The molecule has 0 unspecified atom stereocenters. The van der Waals surface area contributed by atoms with Crippen molar-refractivity contribution in [2.24, 2.45) is 5.41 Å². The average molecular weight is 337 g/mol. The molecule has 0 radical (unpaired) electrons. The third-order valence-electron chi connectivity index (χ3n) is 4.07. The molecule has 25 heavy (non-hydrogen) atoms. The summed E-state index contributed by atoms with van der Waals surface area (Å²) < 4.78 is 7.59. The van der Waals surface area contributed by atoms with Crippen LogP contribution in [-0.2, 0) is 0 Å². The summed E-state index contributed by atoms with van der Waals surface area (Å²) in [6, 6.07) is 18.0. The Kier molecular flexibility index (Phi) is 4.86. The largest absolute Gasteiger partial charge is 0.466 e. The highest BCUT2D eigenvalue weighted by molar-refractivity contribution is 5.63. The highest BCUT2D eigenvalue weighted by atomic mass is 16.5. The Morgan fingerprint density at radius 1 is 0.960 bits per heavy atom. The number of nitrogens with zero attached hydrogens (tertiary/aromatic N) is 3. The molecule has 0 amide bonds. The summed E-state index contributed by atoms with van der Waals surface area (Å²) in [7, 11) is 0. The molecule has 0 spiro atoms. The lowest BCUT2D eigenvalue weighted by Crippen LogP contribution is -2.38. The number of aliphatic hydroxyl groups excluding tert-OH is 1. The molecule has 3 rings (SSSR count). The summed E-state index contributed by atoms with van der Waals surface area (Å²) in [6.45, 7) is 5.89. The van der Waals surface area contributed by atoms with Crippen molar-refractivity contribution in [1.82, 2.24) is 14.8 Å². The molecule has 5 nitrogen and oxygen atoms in total. The topological polar surface area (TPSA) is 60.2 Å². The van der Waals surface area contributed by atoms with Gasteiger partial charge in [-0.05, 0) is 28.7 Å². The van der Waals surface area contributed by atoms with Crippen LogP contribution in [0.5, 0.6) is 5.75 Å². The van der Waals surface area contributed by atoms with Crippen LogP contribution in [-0.4, -0.2) is 26.0 Å². The second-order valence-electron chi connectivity index (χ2n) is 7.09. The van der Waals surface area contributed by atoms with E-state index in [0.717, 1.165) is 11.1 Å². The van der Waals surface area contributed by atoms with Gasteiger partial charge in [-0.2, -0.15) is 5.10 Å². The molecule has 5 heteroatoms. The van der Waals surface area contributed by atoms with Gasteiger partial charge in [0.05, 0.1) is 0 Å². The van der Waals surface area contributed by atoms with E-state index >= 15 is 0 Å². The SMILES string of the molecule is CC(C)(C)[C@@H](O)[C@@H](Oc1ccc(-c2ccccc2)cc1)n1cncn1. The summed E-state index contributed by atoms with van der Waals surface area (Å²) >= 11 is 0. The zero-order valence-electron chi connectivity index (χ0n) is 14.7. The van der Waals surface area contributed by atoms with Crippen molar-refractivity contribution >= 4 is 0 Å². The molecule has 3 aromatic rings. The zero-order chi connectivity index (χ0) is 17.9. The van der Waals surface area contributed by atoms with Crippen molar-refractivity contribution in [3.63, 3.8) is 0 Å². The van der Waals surface area contributed by atoms with Crippen molar-refractivity contribution < 1.29 is 9.84 Å². The van der Waals surface area contributed by atoms with E-state index in [1.165, 1.54) is 6.33 Å². The fraction of sp³-hybridized carbons (Fsp3) is 0.300. The number of hydrogen-bond acceptors (Lipinski definition) is 4. The van der Waals surface area contributed by atoms with Crippen LogP contribution in [0.4, 0.5) is 0 Å². The molecule has 0 bridgehead atoms. The highest BCUT2D eigenvalue weighted by Gasteiger charge is 2.34. The minimum absolute atomic E-state index is 0.361. The van der Waals surface area contributed by atoms with Gasteiger partial charge in [0.2, 0.25) is 6.23 Å². The van der Waals surface area contributed by atoms with Crippen LogP contribution in [0.2, 0.25) is 0 Å². The maximum atomic E-state index is 10.7. The normalized spacial score (nSPS) is 14.1. The summed E-state index contributed by atoms with van der Waals surface area (Å²) in [5, 5.41) is 14.8. The molecule has 0 saturated carbocycles. The van der Waals surface area contributed by atoms with Crippen molar-refractivity contribution in [2.45, 2.75) is 33.1 Å². The van der Waals surface area contributed by atoms with Gasteiger partial charge in [-0.1, -0.05) is 63.2 Å². The minimum atomic E-state index is -0.747. The Morgan fingerprint density at radius 3 is 2.16 bits per heavy atom. The smallest absolute Gasteiger partial charge is 0.219 e. The van der Waals surface area contributed by atoms with Crippen LogP contribution in [0.25, 0.3) is 11.1 Å². The molecule has 0 aliphatic rings. The Hall–Kier alpha value is -2.66. The quantitative estimate of drug-likeness (QED) is 0.766. The third kappa shape index (κ3) is 4.06. The molecular formula is C20H23N3O2. The molecule has 0 fully saturated rings. The first-order valence-corrected chi connectivity index (χ1v) is 8.29. The second kappa shape index (κ2) is 7.07. The third-order valence-corrected chi connectivity index (χ3v) is 4.07. The van der Waals surface area contributed by atoms with Gasteiger partial charge in [-0.15, -0.1) is 0 Å². The van der Waals surface area contributed by atoms with Gasteiger partial charge in [0, 0.05) is 0 Å². The second-order valence-corrected chi connectivity index (χ2v) is 7.09. The van der Waals surface area contributed by atoms with E-state index in [2.05, 4.69) is 22.2 Å². The Balaban J connectivity index is 1.83. The fourth-order valence-corrected chi connectivity index (χ4v) is 2.54. The van der Waals surface area contributed by atoms with Gasteiger partial charge in [-0.3, -0.25) is 0 Å². The minimum Gasteiger partial charge on any atom is -0.466 e. The van der Waals surface area contributed by atoms with Crippen LogP contribution in [0.3, 0.4) is 0 Å². The van der Waals surface area contributed by atoms with E-state index in [0.29, 0.717) is 5.75 Å². The summed E-state index contributed by atoms with van der Waals surface area (Å²) in [6.07, 6.45) is 1.59. The maximum absolute atomic E-state index is 10.7. The predicted molar refractivity (Wildman–Crippen MR) is 97.0 cm³/mol. The lowest BCUT2D eigenvalue weighted by Gasteiger charge is -2.32. The van der Waals surface area contributed by atoms with Crippen LogP contribution < -0.4 is 4.74 Å². The van der Waals surface area contributed by atoms with Gasteiger partial charge in [0.15, 0.2) is 0 Å². The Bertz CT molecular complexity index is 778. The number of benzene rings is 2. The standard InChI is InChI=1S/C20H23N3O2/c1-20(2,3)18(24)19(23-14-21-13-22-23)25-17-11-9-16(10-12-17)15-7-5-4-6-8-15/h4-14,18-19,24H,1-3H3/t18-,19+/m0/s1. The number of aromatic nitrogens is 3. The van der Waals surface area contributed by atoms with Crippen molar-refractivity contribution in [1.29, 1.82) is 0 Å². The van der Waals surface area contributed by atoms with Crippen molar-refractivity contribution in [2.75, 3.05) is 0 Å². The van der Waals surface area contributed by atoms with E-state index in [1.807, 2.05) is 63.2 Å². The van der Waals surface area contributed by atoms with Crippen molar-refractivity contribution in [3.05, 3.63) is 67.3 Å². The summed E-state index contributed by atoms with van der Waals surface area (Å²) in [5.41, 5.74) is 1.90. The molecular weight excluding hydrogens is 314 g/mol. The molecule has 0 saturated heterocycles. The molecule has 1 N–H and O–H groups in total. The van der Waals surface area contributed by atoms with Gasteiger partial charge >= 0.3 is 0 Å². The molecule has 0 aliphatic carbocycles. The van der Waals surface area contributed by atoms with E-state index < -0.39 is 12.3 Å². The monoisotopic (exact) mass is 337 g/mol. The number of aliphatic hydroxyl groups is 1. The van der Waals surface area contributed by atoms with Gasteiger partial charge in [-0.25, -0.2) is 9.67 Å². The molecule has 2 atom stereocenters. The van der Waals surface area contributed by atoms with E-state index in [9.17, 15) is 5.11 Å². The summed E-state index contributed by atoms with van der Waals surface area (Å²) in [5.74, 6) is 0.670. The maximum Gasteiger partial charge on any atom is 0.219 e. The van der Waals surface area contributed by atoms with E-state index in [-0.39, 0.29) is 5.41 Å². The van der Waals surface area contributed by atoms with Crippen molar-refractivity contribution in [3.8, 4) is 16.9 Å². The Labute approximate surface area is 147 Å². The first-order chi connectivity index (χ1) is 11.9. The van der Waals surface area contributed by atoms with Crippen LogP contribution in [0, 0.1) is 5.41 Å².